The lowest BCUT2D eigenvalue weighted by Gasteiger charge is -2.01. The van der Waals surface area contributed by atoms with Crippen molar-refractivity contribution in [2.75, 3.05) is 19.8 Å². The van der Waals surface area contributed by atoms with E-state index in [1.807, 2.05) is 14.1 Å². The van der Waals surface area contributed by atoms with Crippen LogP contribution in [0.25, 0.3) is 0 Å². The molecule has 60 valence electrons. The van der Waals surface area contributed by atoms with Crippen LogP contribution in [0.1, 0.15) is 19.8 Å². The van der Waals surface area contributed by atoms with E-state index in [-0.39, 0.29) is 0 Å². The van der Waals surface area contributed by atoms with Crippen LogP contribution in [-0.4, -0.2) is 25.0 Å². The van der Waals surface area contributed by atoms with Crippen LogP contribution in [0.15, 0.2) is 4.99 Å². The second-order valence-electron chi connectivity index (χ2n) is 1.98. The summed E-state index contributed by atoms with van der Waals surface area (Å²) in [6, 6.07) is 0. The molecule has 2 nitrogen and oxygen atoms in total. The van der Waals surface area contributed by atoms with Crippen molar-refractivity contribution in [3.63, 3.8) is 0 Å². The summed E-state index contributed by atoms with van der Waals surface area (Å²) in [5.74, 6) is 1.17. The Morgan fingerprint density at radius 3 is 2.70 bits per heavy atom. The molecule has 0 saturated heterocycles. The standard InChI is InChI=1S/C7H16N2S/c1-4-5-6-10-7(8-2)9-3/h4-6H2,1-3H3,(H,8,9). The molecule has 0 saturated carbocycles. The third-order valence-corrected chi connectivity index (χ3v) is 2.31. The Balaban J connectivity index is 3.27. The number of aliphatic imine (C=N–C) groups is 1. The molecule has 0 aliphatic rings. The Morgan fingerprint density at radius 1 is 1.60 bits per heavy atom. The van der Waals surface area contributed by atoms with Crippen LogP contribution in [-0.2, 0) is 0 Å². The summed E-state index contributed by atoms with van der Waals surface area (Å²) < 4.78 is 0. The Hall–Kier alpha value is -0.180. The van der Waals surface area contributed by atoms with Crippen LogP contribution in [0.5, 0.6) is 0 Å². The number of thioether (sulfide) groups is 1. The number of unbranched alkanes of at least 4 members (excludes halogenated alkanes) is 1. The maximum absolute atomic E-state index is 4.05. The first-order valence-electron chi connectivity index (χ1n) is 3.62. The minimum absolute atomic E-state index is 1.04. The molecule has 0 bridgehead atoms. The van der Waals surface area contributed by atoms with E-state index in [9.17, 15) is 0 Å². The van der Waals surface area contributed by atoms with Gasteiger partial charge < -0.3 is 5.32 Å². The van der Waals surface area contributed by atoms with Gasteiger partial charge in [-0.05, 0) is 6.42 Å². The Kier molecular flexibility index (Phi) is 6.81. The van der Waals surface area contributed by atoms with Crippen molar-refractivity contribution in [2.24, 2.45) is 4.99 Å². The van der Waals surface area contributed by atoms with Gasteiger partial charge in [0, 0.05) is 19.8 Å². The van der Waals surface area contributed by atoms with Crippen molar-refractivity contribution in [1.82, 2.24) is 5.32 Å². The van der Waals surface area contributed by atoms with E-state index in [4.69, 9.17) is 0 Å². The summed E-state index contributed by atoms with van der Waals surface area (Å²) >= 11 is 1.78. The molecular weight excluding hydrogens is 144 g/mol. The van der Waals surface area contributed by atoms with Crippen LogP contribution in [0.3, 0.4) is 0 Å². The number of nitrogens with zero attached hydrogens (tertiary/aromatic N) is 1. The molecule has 0 atom stereocenters. The molecule has 0 aromatic rings. The zero-order valence-electron chi connectivity index (χ0n) is 6.98. The lowest BCUT2D eigenvalue weighted by molar-refractivity contribution is 0.897. The molecule has 0 aromatic heterocycles. The highest BCUT2D eigenvalue weighted by atomic mass is 32.2. The van der Waals surface area contributed by atoms with Gasteiger partial charge >= 0.3 is 0 Å². The van der Waals surface area contributed by atoms with E-state index in [1.165, 1.54) is 18.6 Å². The van der Waals surface area contributed by atoms with Crippen molar-refractivity contribution < 1.29 is 0 Å². The SMILES string of the molecule is CCCCSC(=NC)NC. The smallest absolute Gasteiger partial charge is 0.156 e. The number of hydrogen-bond acceptors (Lipinski definition) is 2. The fourth-order valence-corrected chi connectivity index (χ4v) is 1.46. The van der Waals surface area contributed by atoms with Crippen molar-refractivity contribution in [2.45, 2.75) is 19.8 Å². The highest BCUT2D eigenvalue weighted by Gasteiger charge is 1.92. The minimum atomic E-state index is 1.04. The zero-order chi connectivity index (χ0) is 7.82. The molecular formula is C7H16N2S. The Morgan fingerprint density at radius 2 is 2.30 bits per heavy atom. The number of amidine groups is 1. The first kappa shape index (κ1) is 9.82. The van der Waals surface area contributed by atoms with Crippen molar-refractivity contribution >= 4 is 16.9 Å². The summed E-state index contributed by atoms with van der Waals surface area (Å²) in [4.78, 5) is 4.05. The number of nitrogens with one attached hydrogen (secondary N) is 1. The van der Waals surface area contributed by atoms with Gasteiger partial charge in [0.1, 0.15) is 0 Å². The van der Waals surface area contributed by atoms with Crippen molar-refractivity contribution in [1.29, 1.82) is 0 Å². The van der Waals surface area contributed by atoms with Gasteiger partial charge in [-0.1, -0.05) is 25.1 Å². The predicted molar refractivity (Wildman–Crippen MR) is 49.8 cm³/mol. The molecule has 3 heteroatoms. The van der Waals surface area contributed by atoms with E-state index in [0.29, 0.717) is 0 Å². The first-order chi connectivity index (χ1) is 4.85. The molecule has 0 radical (unpaired) electrons. The van der Waals surface area contributed by atoms with Crippen LogP contribution < -0.4 is 5.32 Å². The van der Waals surface area contributed by atoms with Gasteiger partial charge in [0.25, 0.3) is 0 Å². The zero-order valence-corrected chi connectivity index (χ0v) is 7.79. The third-order valence-electron chi connectivity index (χ3n) is 1.15. The van der Waals surface area contributed by atoms with E-state index in [0.717, 1.165) is 5.17 Å². The highest BCUT2D eigenvalue weighted by Crippen LogP contribution is 2.04. The molecule has 1 N–H and O–H groups in total. The van der Waals surface area contributed by atoms with Crippen LogP contribution >= 0.6 is 11.8 Å². The number of hydrogen-bond donors (Lipinski definition) is 1. The van der Waals surface area contributed by atoms with Gasteiger partial charge in [0.05, 0.1) is 0 Å². The van der Waals surface area contributed by atoms with E-state index in [1.54, 1.807) is 11.8 Å². The largest absolute Gasteiger partial charge is 0.368 e. The molecule has 0 rings (SSSR count). The summed E-state index contributed by atoms with van der Waals surface area (Å²) in [7, 11) is 3.71. The molecule has 0 aromatic carbocycles. The van der Waals surface area contributed by atoms with Crippen LogP contribution in [0.4, 0.5) is 0 Å². The first-order valence-corrected chi connectivity index (χ1v) is 4.61. The summed E-state index contributed by atoms with van der Waals surface area (Å²) in [6.07, 6.45) is 2.53. The quantitative estimate of drug-likeness (QED) is 0.386. The molecule has 0 aliphatic carbocycles. The van der Waals surface area contributed by atoms with E-state index < -0.39 is 0 Å². The maximum Gasteiger partial charge on any atom is 0.156 e. The predicted octanol–water partition coefficient (Wildman–Crippen LogP) is 1.72. The highest BCUT2D eigenvalue weighted by molar-refractivity contribution is 8.13. The molecule has 0 heterocycles. The molecule has 0 spiro atoms. The van der Waals surface area contributed by atoms with Gasteiger partial charge in [0.15, 0.2) is 5.17 Å². The van der Waals surface area contributed by atoms with Crippen LogP contribution in [0, 0.1) is 0 Å². The Bertz CT molecular complexity index is 102. The number of rotatable bonds is 3. The lowest BCUT2D eigenvalue weighted by Crippen LogP contribution is -2.14. The van der Waals surface area contributed by atoms with Gasteiger partial charge in [0.2, 0.25) is 0 Å². The van der Waals surface area contributed by atoms with Crippen LogP contribution in [0.2, 0.25) is 0 Å². The third kappa shape index (κ3) is 4.68. The van der Waals surface area contributed by atoms with E-state index in [2.05, 4.69) is 17.2 Å². The van der Waals surface area contributed by atoms with Gasteiger partial charge in [-0.3, -0.25) is 4.99 Å². The van der Waals surface area contributed by atoms with Crippen molar-refractivity contribution in [3.05, 3.63) is 0 Å². The molecule has 10 heavy (non-hydrogen) atoms. The fourth-order valence-electron chi connectivity index (χ4n) is 0.562. The van der Waals surface area contributed by atoms with Gasteiger partial charge in [-0.15, -0.1) is 0 Å². The minimum Gasteiger partial charge on any atom is -0.368 e. The summed E-state index contributed by atoms with van der Waals surface area (Å²) in [5, 5.41) is 4.06. The summed E-state index contributed by atoms with van der Waals surface area (Å²) in [5.41, 5.74) is 0. The average molecular weight is 160 g/mol. The molecule has 0 amide bonds. The second kappa shape index (κ2) is 6.93. The lowest BCUT2D eigenvalue weighted by atomic mass is 10.4. The normalized spacial score (nSPS) is 11.7. The monoisotopic (exact) mass is 160 g/mol. The van der Waals surface area contributed by atoms with Gasteiger partial charge in [-0.25, -0.2) is 0 Å². The maximum atomic E-state index is 4.05. The second-order valence-corrected chi connectivity index (χ2v) is 3.06. The summed E-state index contributed by atoms with van der Waals surface area (Å²) in [6.45, 7) is 2.20. The Labute approximate surface area is 67.5 Å². The molecule has 0 fully saturated rings. The molecule has 0 unspecified atom stereocenters. The van der Waals surface area contributed by atoms with E-state index >= 15 is 0 Å². The van der Waals surface area contributed by atoms with Gasteiger partial charge in [-0.2, -0.15) is 0 Å². The molecule has 0 aliphatic heterocycles. The average Bonchev–Trinajstić information content (AvgIpc) is 1.99. The van der Waals surface area contributed by atoms with Crippen molar-refractivity contribution in [3.8, 4) is 0 Å². The topological polar surface area (TPSA) is 24.4 Å². The fraction of sp³-hybridized carbons (Fsp3) is 0.857.